The number of imidazole rings is 2. The lowest BCUT2D eigenvalue weighted by molar-refractivity contribution is 0.120. The maximum atomic E-state index is 6.46. The van der Waals surface area contributed by atoms with E-state index in [0.29, 0.717) is 26.3 Å². The second-order valence-electron chi connectivity index (χ2n) is 13.3. The van der Waals surface area contributed by atoms with Gasteiger partial charge in [0.2, 0.25) is 0 Å². The van der Waals surface area contributed by atoms with Crippen LogP contribution in [0, 0.1) is 0 Å². The van der Waals surface area contributed by atoms with Crippen LogP contribution in [0.3, 0.4) is 0 Å². The van der Waals surface area contributed by atoms with E-state index in [4.69, 9.17) is 34.6 Å². The molecule has 0 saturated carbocycles. The fourth-order valence-corrected chi connectivity index (χ4v) is 7.29. The Morgan fingerprint density at radius 3 is 1.05 bits per heavy atom. The Labute approximate surface area is 316 Å². The second-order valence-corrected chi connectivity index (χ2v) is 13.3. The lowest BCUT2D eigenvalue weighted by Gasteiger charge is -2.15. The molecule has 0 atom stereocenters. The lowest BCUT2D eigenvalue weighted by Crippen LogP contribution is -2.13. The summed E-state index contributed by atoms with van der Waals surface area (Å²) in [5.41, 5.74) is 12.2. The van der Waals surface area contributed by atoms with Gasteiger partial charge in [0.1, 0.15) is 22.8 Å². The van der Waals surface area contributed by atoms with Crippen LogP contribution in [-0.4, -0.2) is 52.3 Å². The fraction of sp³-hybridized carbons (Fsp3) is 0.0870. The number of rotatable bonds is 10. The zero-order valence-corrected chi connectivity index (χ0v) is 29.8. The monoisotopic (exact) mass is 714 g/mol. The molecule has 10 rings (SSSR count). The maximum absolute atomic E-state index is 6.46. The van der Waals surface area contributed by atoms with Crippen LogP contribution in [0.15, 0.2) is 158 Å². The van der Waals surface area contributed by atoms with Gasteiger partial charge in [-0.2, -0.15) is 0 Å². The topological polar surface area (TPSA) is 96.4 Å². The number of benzene rings is 6. The van der Waals surface area contributed by atoms with Gasteiger partial charge in [-0.25, -0.2) is 29.9 Å². The summed E-state index contributed by atoms with van der Waals surface area (Å²) >= 11 is 0. The number of fused-ring (bicyclic) bond motifs is 4. The molecule has 0 spiro atoms. The summed E-state index contributed by atoms with van der Waals surface area (Å²) in [7, 11) is 0. The summed E-state index contributed by atoms with van der Waals surface area (Å²) in [5.74, 6) is 1.52. The number of ether oxygens (including phenoxy) is 1. The Morgan fingerprint density at radius 1 is 0.327 bits per heavy atom. The number of hydrogen-bond acceptors (Lipinski definition) is 7. The maximum Gasteiger partial charge on any atom is 0.162 e. The molecule has 0 saturated heterocycles. The van der Waals surface area contributed by atoms with Crippen LogP contribution in [0.5, 0.6) is 0 Å². The van der Waals surface area contributed by atoms with Gasteiger partial charge in [0.15, 0.2) is 11.6 Å². The Morgan fingerprint density at radius 2 is 0.655 bits per heavy atom. The summed E-state index contributed by atoms with van der Waals surface area (Å²) in [6.07, 6.45) is 0. The molecule has 0 fully saturated rings. The van der Waals surface area contributed by atoms with Crippen molar-refractivity contribution in [1.82, 2.24) is 39.0 Å². The first-order valence-corrected chi connectivity index (χ1v) is 18.4. The number of hydrogen-bond donors (Lipinski definition) is 0. The summed E-state index contributed by atoms with van der Waals surface area (Å²) in [4.78, 5) is 30.8. The summed E-state index contributed by atoms with van der Waals surface area (Å²) < 4.78 is 10.9. The largest absolute Gasteiger partial charge is 0.378 e. The van der Waals surface area contributed by atoms with E-state index >= 15 is 0 Å². The number of para-hydroxylation sites is 8. The van der Waals surface area contributed by atoms with Crippen LogP contribution in [0.4, 0.5) is 0 Å². The Kier molecular flexibility index (Phi) is 8.31. The molecule has 4 aromatic heterocycles. The molecule has 9 heteroatoms. The summed E-state index contributed by atoms with van der Waals surface area (Å²) in [6, 6.07) is 52.7. The molecule has 4 heterocycles. The predicted molar refractivity (Wildman–Crippen MR) is 218 cm³/mol. The normalized spacial score (nSPS) is 11.6. The van der Waals surface area contributed by atoms with Crippen molar-refractivity contribution < 1.29 is 4.74 Å². The van der Waals surface area contributed by atoms with Crippen LogP contribution in [-0.2, 0) is 17.8 Å². The molecule has 0 aliphatic rings. The quantitative estimate of drug-likeness (QED) is 0.130. The van der Waals surface area contributed by atoms with E-state index in [2.05, 4.69) is 45.5 Å². The van der Waals surface area contributed by atoms with E-state index < -0.39 is 0 Å². The highest BCUT2D eigenvalue weighted by molar-refractivity contribution is 5.89. The van der Waals surface area contributed by atoms with Gasteiger partial charge in [-0.3, -0.25) is 0 Å². The van der Waals surface area contributed by atoms with Crippen molar-refractivity contribution in [3.05, 3.63) is 158 Å². The van der Waals surface area contributed by atoms with Crippen LogP contribution >= 0.6 is 0 Å². The van der Waals surface area contributed by atoms with Gasteiger partial charge in [0.25, 0.3) is 0 Å². The van der Waals surface area contributed by atoms with Crippen molar-refractivity contribution in [2.45, 2.75) is 13.1 Å². The molecule has 0 amide bonds. The van der Waals surface area contributed by atoms with Crippen molar-refractivity contribution >= 4 is 44.1 Å². The molecule has 0 aliphatic heterocycles. The van der Waals surface area contributed by atoms with E-state index in [1.807, 2.05) is 121 Å². The molecule has 0 radical (unpaired) electrons. The van der Waals surface area contributed by atoms with Crippen molar-refractivity contribution in [3.63, 3.8) is 0 Å². The first kappa shape index (κ1) is 32.5. The van der Waals surface area contributed by atoms with Crippen molar-refractivity contribution in [1.29, 1.82) is 0 Å². The third kappa shape index (κ3) is 6.06. The highest BCUT2D eigenvalue weighted by Crippen LogP contribution is 2.34. The first-order chi connectivity index (χ1) is 27.3. The zero-order valence-electron chi connectivity index (χ0n) is 29.8. The predicted octanol–water partition coefficient (Wildman–Crippen LogP) is 9.66. The van der Waals surface area contributed by atoms with Gasteiger partial charge in [-0.15, -0.1) is 0 Å². The standard InChI is InChI=1S/C46H34N8O/c1-3-15-31(16-4-1)41-43(49-35-21-9-7-19-33(35)47-41)45-51-37-23-11-13-25-39(37)53(45)27-29-55-30-28-54-40-26-14-12-24-38(40)52-46(54)44-42(32-17-5-2-6-18-32)48-34-20-8-10-22-36(34)50-44/h1-26H,27-30H2. The molecule has 0 unspecified atom stereocenters. The second kappa shape index (κ2) is 14.0. The Balaban J connectivity index is 0.978. The van der Waals surface area contributed by atoms with Crippen molar-refractivity contribution in [2.75, 3.05) is 13.2 Å². The third-order valence-electron chi connectivity index (χ3n) is 9.89. The van der Waals surface area contributed by atoms with Crippen LogP contribution in [0.1, 0.15) is 0 Å². The average molecular weight is 715 g/mol. The van der Waals surface area contributed by atoms with Crippen LogP contribution < -0.4 is 0 Å². The number of nitrogens with zero attached hydrogens (tertiary/aromatic N) is 8. The van der Waals surface area contributed by atoms with E-state index in [1.165, 1.54) is 0 Å². The molecule has 0 N–H and O–H groups in total. The zero-order chi connectivity index (χ0) is 36.6. The molecule has 9 nitrogen and oxygen atoms in total. The average Bonchev–Trinajstić information content (AvgIpc) is 3.81. The third-order valence-corrected chi connectivity index (χ3v) is 9.89. The van der Waals surface area contributed by atoms with E-state index in [-0.39, 0.29) is 0 Å². The lowest BCUT2D eigenvalue weighted by atomic mass is 10.1. The van der Waals surface area contributed by atoms with E-state index in [0.717, 1.165) is 89.7 Å². The molecule has 55 heavy (non-hydrogen) atoms. The van der Waals surface area contributed by atoms with Gasteiger partial charge in [-0.05, 0) is 48.5 Å². The molecule has 0 bridgehead atoms. The summed E-state index contributed by atoms with van der Waals surface area (Å²) in [6.45, 7) is 2.07. The Hall–Kier alpha value is -7.10. The van der Waals surface area contributed by atoms with Gasteiger partial charge in [-0.1, -0.05) is 109 Å². The highest BCUT2D eigenvalue weighted by Gasteiger charge is 2.22. The molecule has 10 aromatic rings. The van der Waals surface area contributed by atoms with E-state index in [1.54, 1.807) is 0 Å². The van der Waals surface area contributed by atoms with Crippen LogP contribution in [0.2, 0.25) is 0 Å². The molecule has 6 aromatic carbocycles. The van der Waals surface area contributed by atoms with E-state index in [9.17, 15) is 0 Å². The number of aromatic nitrogens is 8. The van der Waals surface area contributed by atoms with Gasteiger partial charge < -0.3 is 13.9 Å². The Bertz CT molecular complexity index is 2770. The van der Waals surface area contributed by atoms with Crippen molar-refractivity contribution in [3.8, 4) is 45.6 Å². The molecule has 0 aliphatic carbocycles. The van der Waals surface area contributed by atoms with Crippen LogP contribution in [0.25, 0.3) is 89.7 Å². The first-order valence-electron chi connectivity index (χ1n) is 18.4. The minimum atomic E-state index is 0.460. The minimum Gasteiger partial charge on any atom is -0.378 e. The molecular weight excluding hydrogens is 681 g/mol. The van der Waals surface area contributed by atoms with Crippen molar-refractivity contribution in [2.24, 2.45) is 0 Å². The van der Waals surface area contributed by atoms with Gasteiger partial charge in [0.05, 0.1) is 57.3 Å². The molecular formula is C46H34N8O. The fourth-order valence-electron chi connectivity index (χ4n) is 7.29. The smallest absolute Gasteiger partial charge is 0.162 e. The highest BCUT2D eigenvalue weighted by atomic mass is 16.5. The summed E-state index contributed by atoms with van der Waals surface area (Å²) in [5, 5.41) is 0. The molecule has 264 valence electrons. The minimum absolute atomic E-state index is 0.460. The SMILES string of the molecule is c1ccc(-c2nc3ccccc3nc2-c2nc3ccccc3n2CCOCCn2c(-c3nc4ccccc4nc3-c3ccccc3)nc3ccccc32)cc1. The van der Waals surface area contributed by atoms with Gasteiger partial charge >= 0.3 is 0 Å². The van der Waals surface area contributed by atoms with Gasteiger partial charge in [0, 0.05) is 24.2 Å².